The Labute approximate surface area is 80.1 Å². The van der Waals surface area contributed by atoms with Gasteiger partial charge in [-0.1, -0.05) is 0 Å². The number of halogens is 1. The fourth-order valence-electron chi connectivity index (χ4n) is 1.55. The van der Waals surface area contributed by atoms with Gasteiger partial charge in [-0.3, -0.25) is 4.90 Å². The summed E-state index contributed by atoms with van der Waals surface area (Å²) in [6.45, 7) is 7.26. The van der Waals surface area contributed by atoms with Crippen LogP contribution in [0.15, 0.2) is 0 Å². The molecule has 2 unspecified atom stereocenters. The Hall–Kier alpha value is -0.150. The van der Waals surface area contributed by atoms with Crippen molar-refractivity contribution in [2.24, 2.45) is 0 Å². The molecule has 0 spiro atoms. The van der Waals surface area contributed by atoms with Crippen molar-refractivity contribution in [3.63, 3.8) is 0 Å². The van der Waals surface area contributed by atoms with E-state index in [1.807, 2.05) is 32.7 Å². The molecule has 0 aromatic heterocycles. The van der Waals surface area contributed by atoms with Crippen molar-refractivity contribution < 1.29 is 9.13 Å². The van der Waals surface area contributed by atoms with Gasteiger partial charge in [0.1, 0.15) is 6.17 Å². The fourth-order valence-corrected chi connectivity index (χ4v) is 1.55. The summed E-state index contributed by atoms with van der Waals surface area (Å²) in [6, 6.07) is 0.259. The van der Waals surface area contributed by atoms with Crippen LogP contribution in [0.1, 0.15) is 27.2 Å². The molecule has 1 saturated heterocycles. The van der Waals surface area contributed by atoms with Crippen molar-refractivity contribution in [2.45, 2.75) is 45.0 Å². The molecule has 0 N–H and O–H groups in total. The van der Waals surface area contributed by atoms with Crippen molar-refractivity contribution in [3.8, 4) is 0 Å². The van der Waals surface area contributed by atoms with Gasteiger partial charge < -0.3 is 4.74 Å². The van der Waals surface area contributed by atoms with Crippen LogP contribution in [-0.4, -0.2) is 42.9 Å². The third-order valence-corrected chi connectivity index (χ3v) is 2.35. The molecule has 13 heavy (non-hydrogen) atoms. The highest BCUT2D eigenvalue weighted by Crippen LogP contribution is 2.20. The Morgan fingerprint density at radius 1 is 1.46 bits per heavy atom. The molecule has 1 aliphatic rings. The molecule has 0 aromatic rings. The number of hydrogen-bond acceptors (Lipinski definition) is 2. The molecule has 0 saturated carbocycles. The molecule has 2 atom stereocenters. The van der Waals surface area contributed by atoms with Crippen LogP contribution in [-0.2, 0) is 4.74 Å². The molecular formula is C10H20FNO. The highest BCUT2D eigenvalue weighted by molar-refractivity contribution is 4.83. The summed E-state index contributed by atoms with van der Waals surface area (Å²) >= 11 is 0. The van der Waals surface area contributed by atoms with Crippen molar-refractivity contribution in [1.82, 2.24) is 4.90 Å². The average molecular weight is 189 g/mol. The minimum atomic E-state index is -0.668. The largest absolute Gasteiger partial charge is 0.374 e. The highest BCUT2D eigenvalue weighted by Gasteiger charge is 2.30. The van der Waals surface area contributed by atoms with E-state index in [9.17, 15) is 4.39 Å². The van der Waals surface area contributed by atoms with Crippen LogP contribution in [0.3, 0.4) is 0 Å². The lowest BCUT2D eigenvalue weighted by molar-refractivity contribution is -0.0253. The molecule has 1 rings (SSSR count). The van der Waals surface area contributed by atoms with Crippen LogP contribution in [0, 0.1) is 0 Å². The molecular weight excluding hydrogens is 169 g/mol. The second-order valence-electron chi connectivity index (χ2n) is 4.85. The predicted octanol–water partition coefficient (Wildman–Crippen LogP) is 1.84. The standard InChI is InChI=1S/C10H20FNO/c1-10(2,3)13-7-9-5-8(11)6-12(9)4/h8-9H,5-7H2,1-4H3. The number of likely N-dealkylation sites (N-methyl/N-ethyl adjacent to an activating group) is 1. The van der Waals surface area contributed by atoms with Gasteiger partial charge in [0.25, 0.3) is 0 Å². The van der Waals surface area contributed by atoms with E-state index in [0.29, 0.717) is 19.6 Å². The van der Waals surface area contributed by atoms with Crippen LogP contribution in [0.4, 0.5) is 4.39 Å². The molecule has 78 valence electrons. The number of likely N-dealkylation sites (tertiary alicyclic amines) is 1. The molecule has 0 aromatic carbocycles. The normalized spacial score (nSPS) is 31.2. The zero-order valence-corrected chi connectivity index (χ0v) is 9.01. The summed E-state index contributed by atoms with van der Waals surface area (Å²) in [4.78, 5) is 2.04. The zero-order chi connectivity index (χ0) is 10.1. The molecule has 2 nitrogen and oxygen atoms in total. The maximum Gasteiger partial charge on any atom is 0.114 e. The number of nitrogens with zero attached hydrogens (tertiary/aromatic N) is 1. The lowest BCUT2D eigenvalue weighted by atomic mass is 10.2. The summed E-state index contributed by atoms with van der Waals surface area (Å²) in [6.07, 6.45) is -0.0504. The van der Waals surface area contributed by atoms with Gasteiger partial charge in [0.05, 0.1) is 12.2 Å². The van der Waals surface area contributed by atoms with Crippen LogP contribution < -0.4 is 0 Å². The van der Waals surface area contributed by atoms with E-state index in [2.05, 4.69) is 0 Å². The topological polar surface area (TPSA) is 12.5 Å². The van der Waals surface area contributed by atoms with E-state index < -0.39 is 6.17 Å². The van der Waals surface area contributed by atoms with Gasteiger partial charge in [-0.05, 0) is 34.2 Å². The first kappa shape index (κ1) is 10.9. The van der Waals surface area contributed by atoms with Crippen LogP contribution in [0.25, 0.3) is 0 Å². The van der Waals surface area contributed by atoms with E-state index in [1.54, 1.807) is 0 Å². The fraction of sp³-hybridized carbons (Fsp3) is 1.00. The summed E-state index contributed by atoms with van der Waals surface area (Å²) in [5.41, 5.74) is -0.116. The second kappa shape index (κ2) is 3.93. The third kappa shape index (κ3) is 3.61. The first-order valence-electron chi connectivity index (χ1n) is 4.87. The van der Waals surface area contributed by atoms with Crippen LogP contribution >= 0.6 is 0 Å². The SMILES string of the molecule is CN1CC(F)CC1COC(C)(C)C. The smallest absolute Gasteiger partial charge is 0.114 e. The minimum absolute atomic E-state index is 0.116. The molecule has 1 fully saturated rings. The molecule has 3 heteroatoms. The van der Waals surface area contributed by atoms with Crippen LogP contribution in [0.2, 0.25) is 0 Å². The Balaban J connectivity index is 2.30. The number of rotatable bonds is 2. The molecule has 0 bridgehead atoms. The Kier molecular flexibility index (Phi) is 3.30. The summed E-state index contributed by atoms with van der Waals surface area (Å²) in [5, 5.41) is 0. The number of alkyl halides is 1. The van der Waals surface area contributed by atoms with E-state index in [-0.39, 0.29) is 11.6 Å². The zero-order valence-electron chi connectivity index (χ0n) is 9.01. The van der Waals surface area contributed by atoms with Crippen molar-refractivity contribution in [3.05, 3.63) is 0 Å². The highest BCUT2D eigenvalue weighted by atomic mass is 19.1. The molecule has 1 aliphatic heterocycles. The van der Waals surface area contributed by atoms with Gasteiger partial charge in [0.15, 0.2) is 0 Å². The second-order valence-corrected chi connectivity index (χ2v) is 4.85. The Morgan fingerprint density at radius 3 is 2.46 bits per heavy atom. The van der Waals surface area contributed by atoms with Crippen LogP contribution in [0.5, 0.6) is 0 Å². The minimum Gasteiger partial charge on any atom is -0.374 e. The Morgan fingerprint density at radius 2 is 2.08 bits per heavy atom. The molecule has 1 heterocycles. The number of ether oxygens (including phenoxy) is 1. The van der Waals surface area contributed by atoms with E-state index in [1.165, 1.54) is 0 Å². The maximum absolute atomic E-state index is 12.9. The van der Waals surface area contributed by atoms with E-state index in [4.69, 9.17) is 4.74 Å². The Bertz CT molecular complexity index is 167. The first-order valence-corrected chi connectivity index (χ1v) is 4.87. The average Bonchev–Trinajstić information content (AvgIpc) is 2.24. The third-order valence-electron chi connectivity index (χ3n) is 2.35. The predicted molar refractivity (Wildman–Crippen MR) is 51.6 cm³/mol. The van der Waals surface area contributed by atoms with E-state index >= 15 is 0 Å². The van der Waals surface area contributed by atoms with Gasteiger partial charge >= 0.3 is 0 Å². The lowest BCUT2D eigenvalue weighted by Crippen LogP contribution is -2.33. The lowest BCUT2D eigenvalue weighted by Gasteiger charge is -2.25. The first-order chi connectivity index (χ1) is 5.88. The van der Waals surface area contributed by atoms with Gasteiger partial charge in [-0.2, -0.15) is 0 Å². The van der Waals surface area contributed by atoms with Crippen molar-refractivity contribution in [1.29, 1.82) is 0 Å². The van der Waals surface area contributed by atoms with Gasteiger partial charge in [0, 0.05) is 12.6 Å². The van der Waals surface area contributed by atoms with Gasteiger partial charge in [-0.15, -0.1) is 0 Å². The monoisotopic (exact) mass is 189 g/mol. The molecule has 0 radical (unpaired) electrons. The number of hydrogen-bond donors (Lipinski definition) is 0. The summed E-state index contributed by atoms with van der Waals surface area (Å²) < 4.78 is 18.6. The molecule has 0 amide bonds. The maximum atomic E-state index is 12.9. The van der Waals surface area contributed by atoms with Crippen molar-refractivity contribution >= 4 is 0 Å². The van der Waals surface area contributed by atoms with Gasteiger partial charge in [0.2, 0.25) is 0 Å². The summed E-state index contributed by atoms with van der Waals surface area (Å²) in [5.74, 6) is 0. The molecule has 0 aliphatic carbocycles. The van der Waals surface area contributed by atoms with Gasteiger partial charge in [-0.25, -0.2) is 4.39 Å². The summed E-state index contributed by atoms with van der Waals surface area (Å²) in [7, 11) is 1.95. The van der Waals surface area contributed by atoms with Crippen molar-refractivity contribution in [2.75, 3.05) is 20.2 Å². The van der Waals surface area contributed by atoms with E-state index in [0.717, 1.165) is 0 Å². The quantitative estimate of drug-likeness (QED) is 0.657.